The third kappa shape index (κ3) is 5.01. The van der Waals surface area contributed by atoms with Gasteiger partial charge in [-0.25, -0.2) is 0 Å². The van der Waals surface area contributed by atoms with Crippen molar-refractivity contribution in [3.8, 4) is 10.6 Å². The fourth-order valence-corrected chi connectivity index (χ4v) is 4.42. The molecule has 0 aliphatic carbocycles. The number of likely N-dealkylation sites (N-methyl/N-ethyl adjacent to an activating group) is 1. The van der Waals surface area contributed by atoms with Gasteiger partial charge in [0.1, 0.15) is 5.69 Å². The molecule has 2 amide bonds. The number of rotatable bonds is 5. The molecule has 2 aromatic rings. The Hall–Kier alpha value is -2.40. The first-order valence-electron chi connectivity index (χ1n) is 9.43. The lowest BCUT2D eigenvalue weighted by Crippen LogP contribution is -2.50. The van der Waals surface area contributed by atoms with E-state index >= 15 is 0 Å². The fraction of sp³-hybridized carbons (Fsp3) is 0.526. The highest BCUT2D eigenvalue weighted by Gasteiger charge is 2.39. The van der Waals surface area contributed by atoms with Crippen LogP contribution in [0.3, 0.4) is 0 Å². The minimum absolute atomic E-state index is 0.0823. The van der Waals surface area contributed by atoms with E-state index in [1.165, 1.54) is 6.92 Å². The molecule has 164 valence electrons. The van der Waals surface area contributed by atoms with Crippen molar-refractivity contribution in [2.24, 2.45) is 0 Å². The number of carbonyl (C=O) groups is 2. The Morgan fingerprint density at radius 1 is 1.37 bits per heavy atom. The molecule has 1 unspecified atom stereocenters. The van der Waals surface area contributed by atoms with Crippen molar-refractivity contribution in [3.63, 3.8) is 0 Å². The van der Waals surface area contributed by atoms with Crippen molar-refractivity contribution < 1.29 is 27.3 Å². The van der Waals surface area contributed by atoms with Gasteiger partial charge in [0.25, 0.3) is 5.91 Å². The van der Waals surface area contributed by atoms with Crippen LogP contribution in [0.25, 0.3) is 10.6 Å². The van der Waals surface area contributed by atoms with Gasteiger partial charge in [-0.2, -0.15) is 13.2 Å². The zero-order valence-corrected chi connectivity index (χ0v) is 17.7. The Kier molecular flexibility index (Phi) is 6.51. The average Bonchev–Trinajstić information content (AvgIpc) is 3.26. The van der Waals surface area contributed by atoms with E-state index in [4.69, 9.17) is 0 Å². The van der Waals surface area contributed by atoms with Gasteiger partial charge in [-0.15, -0.1) is 11.3 Å². The number of aromatic nitrogens is 1. The fourth-order valence-electron chi connectivity index (χ4n) is 3.41. The van der Waals surface area contributed by atoms with E-state index in [0.29, 0.717) is 22.8 Å². The van der Waals surface area contributed by atoms with E-state index in [-0.39, 0.29) is 35.7 Å². The van der Waals surface area contributed by atoms with Crippen molar-refractivity contribution in [1.29, 1.82) is 0 Å². The molecule has 1 aliphatic rings. The highest BCUT2D eigenvalue weighted by atomic mass is 32.1. The van der Waals surface area contributed by atoms with Gasteiger partial charge >= 0.3 is 6.18 Å². The first-order valence-corrected chi connectivity index (χ1v) is 10.2. The molecule has 1 fully saturated rings. The summed E-state index contributed by atoms with van der Waals surface area (Å²) in [6, 6.07) is 3.03. The predicted octanol–water partition coefficient (Wildman–Crippen LogP) is 3.01. The maximum Gasteiger partial charge on any atom is 0.452 e. The lowest BCUT2D eigenvalue weighted by molar-refractivity contribution is -0.156. The van der Waals surface area contributed by atoms with Crippen molar-refractivity contribution in [2.75, 3.05) is 33.7 Å². The molecule has 0 aromatic carbocycles. The summed E-state index contributed by atoms with van der Waals surface area (Å²) < 4.78 is 43.3. The van der Waals surface area contributed by atoms with Gasteiger partial charge < -0.3 is 19.6 Å². The van der Waals surface area contributed by atoms with Crippen LogP contribution in [0.1, 0.15) is 33.8 Å². The molecule has 2 aromatic heterocycles. The minimum atomic E-state index is -4.62. The highest BCUT2D eigenvalue weighted by molar-refractivity contribution is 7.17. The number of nitrogens with one attached hydrogen (secondary N) is 1. The van der Waals surface area contributed by atoms with Gasteiger partial charge in [0, 0.05) is 24.7 Å². The number of likely N-dealkylation sites (tertiary alicyclic amines) is 1. The Labute approximate surface area is 175 Å². The van der Waals surface area contributed by atoms with Crippen LogP contribution in [-0.4, -0.2) is 66.5 Å². The second-order valence-electron chi connectivity index (χ2n) is 7.54. The number of nitrogens with zero attached hydrogens (tertiary/aromatic N) is 3. The van der Waals surface area contributed by atoms with Crippen LogP contribution in [0.4, 0.5) is 13.2 Å². The summed E-state index contributed by atoms with van der Waals surface area (Å²) in [6.45, 7) is 2.52. The van der Waals surface area contributed by atoms with E-state index in [1.54, 1.807) is 36.0 Å². The maximum absolute atomic E-state index is 12.9. The highest BCUT2D eigenvalue weighted by Crippen LogP contribution is 2.38. The summed E-state index contributed by atoms with van der Waals surface area (Å²) >= 11 is 1.07. The molecule has 3 heterocycles. The molecule has 0 saturated carbocycles. The van der Waals surface area contributed by atoms with Crippen LogP contribution in [-0.2, 0) is 11.0 Å². The molecule has 1 atom stereocenters. The molecule has 0 radical (unpaired) electrons. The predicted molar refractivity (Wildman–Crippen MR) is 105 cm³/mol. The first kappa shape index (κ1) is 22.3. The number of hydrogen-bond acceptors (Lipinski definition) is 6. The lowest BCUT2D eigenvalue weighted by atomic mass is 10.1. The molecule has 0 spiro atoms. The van der Waals surface area contributed by atoms with Crippen molar-refractivity contribution in [3.05, 3.63) is 28.3 Å². The summed E-state index contributed by atoms with van der Waals surface area (Å²) in [5, 5.41) is 6.49. The molecule has 3 rings (SSSR count). The van der Waals surface area contributed by atoms with Gasteiger partial charge in [-0.3, -0.25) is 9.59 Å². The molecular weight excluding hydrogens is 421 g/mol. The normalized spacial score (nSPS) is 17.4. The third-order valence-electron chi connectivity index (χ3n) is 4.77. The molecule has 7 nitrogen and oxygen atoms in total. The van der Waals surface area contributed by atoms with Crippen LogP contribution in [0.15, 0.2) is 16.7 Å². The van der Waals surface area contributed by atoms with Crippen LogP contribution < -0.4 is 5.32 Å². The van der Waals surface area contributed by atoms with Gasteiger partial charge in [0.05, 0.1) is 16.3 Å². The van der Waals surface area contributed by atoms with Crippen LogP contribution in [0, 0.1) is 6.92 Å². The quantitative estimate of drug-likeness (QED) is 0.767. The second kappa shape index (κ2) is 8.76. The van der Waals surface area contributed by atoms with Crippen molar-refractivity contribution >= 4 is 23.2 Å². The number of piperidine rings is 1. The SMILES string of the molecule is Cc1c(-c2ccc(C(=O)N3CCCC(NC(=O)CN(C)C)C3)s2)noc1C(F)(F)F. The number of alkyl halides is 3. The molecule has 1 saturated heterocycles. The van der Waals surface area contributed by atoms with E-state index in [0.717, 1.165) is 24.2 Å². The van der Waals surface area contributed by atoms with Crippen molar-refractivity contribution in [1.82, 2.24) is 20.3 Å². The van der Waals surface area contributed by atoms with E-state index < -0.39 is 11.9 Å². The number of amides is 2. The maximum atomic E-state index is 12.9. The average molecular weight is 444 g/mol. The van der Waals surface area contributed by atoms with Gasteiger partial charge in [0.15, 0.2) is 0 Å². The second-order valence-corrected chi connectivity index (χ2v) is 8.63. The Bertz CT molecular complexity index is 923. The Morgan fingerprint density at radius 3 is 2.73 bits per heavy atom. The van der Waals surface area contributed by atoms with Gasteiger partial charge in [-0.1, -0.05) is 5.16 Å². The summed E-state index contributed by atoms with van der Waals surface area (Å²) in [4.78, 5) is 29.1. The number of thiophene rings is 1. The summed E-state index contributed by atoms with van der Waals surface area (Å²) in [6.07, 6.45) is -3.07. The molecule has 11 heteroatoms. The van der Waals surface area contributed by atoms with E-state index in [1.807, 2.05) is 0 Å². The molecule has 30 heavy (non-hydrogen) atoms. The first-order chi connectivity index (χ1) is 14.1. The largest absolute Gasteiger partial charge is 0.452 e. The third-order valence-corrected chi connectivity index (χ3v) is 5.85. The zero-order chi connectivity index (χ0) is 22.1. The lowest BCUT2D eigenvalue weighted by Gasteiger charge is -2.33. The number of halogens is 3. The van der Waals surface area contributed by atoms with Crippen LogP contribution >= 0.6 is 11.3 Å². The monoisotopic (exact) mass is 444 g/mol. The zero-order valence-electron chi connectivity index (χ0n) is 16.9. The van der Waals surface area contributed by atoms with Crippen LogP contribution in [0.5, 0.6) is 0 Å². The molecule has 0 bridgehead atoms. The Balaban J connectivity index is 1.69. The van der Waals surface area contributed by atoms with Gasteiger partial charge in [-0.05, 0) is 46.0 Å². The smallest absolute Gasteiger partial charge is 0.351 e. The van der Waals surface area contributed by atoms with Crippen LogP contribution in [0.2, 0.25) is 0 Å². The van der Waals surface area contributed by atoms with E-state index in [2.05, 4.69) is 15.0 Å². The topological polar surface area (TPSA) is 78.7 Å². The van der Waals surface area contributed by atoms with Crippen molar-refractivity contribution in [2.45, 2.75) is 32.0 Å². The standard InChI is InChI=1S/C19H23F3N4O3S/c1-11-16(24-29-17(11)19(20,21)22)13-6-7-14(30-13)18(28)26-8-4-5-12(9-26)23-15(27)10-25(2)3/h6-7,12H,4-5,8-10H2,1-3H3,(H,23,27). The molecule has 1 aliphatic heterocycles. The number of carbonyl (C=O) groups excluding carboxylic acids is 2. The minimum Gasteiger partial charge on any atom is -0.351 e. The Morgan fingerprint density at radius 2 is 2.10 bits per heavy atom. The molecular formula is C19H23F3N4O3S. The number of hydrogen-bond donors (Lipinski definition) is 1. The van der Waals surface area contributed by atoms with E-state index in [9.17, 15) is 22.8 Å². The van der Waals surface area contributed by atoms with Gasteiger partial charge in [0.2, 0.25) is 11.7 Å². The summed E-state index contributed by atoms with van der Waals surface area (Å²) in [5.74, 6) is -1.44. The summed E-state index contributed by atoms with van der Waals surface area (Å²) in [7, 11) is 3.61. The molecule has 1 N–H and O–H groups in total. The summed E-state index contributed by atoms with van der Waals surface area (Å²) in [5.41, 5.74) is -0.0242.